The van der Waals surface area contributed by atoms with E-state index in [1.807, 2.05) is 6.08 Å². The number of allylic oxidation sites excluding steroid dienone is 7. The van der Waals surface area contributed by atoms with E-state index in [1.165, 1.54) is 199 Å². The molecule has 0 saturated carbocycles. The van der Waals surface area contributed by atoms with Gasteiger partial charge < -0.3 is 20.3 Å². The fourth-order valence-electron chi connectivity index (χ4n) is 8.95. The van der Waals surface area contributed by atoms with Crippen LogP contribution in [0.3, 0.4) is 0 Å². The highest BCUT2D eigenvalue weighted by Gasteiger charge is 2.18. The van der Waals surface area contributed by atoms with Crippen LogP contribution < -0.4 is 5.32 Å². The molecule has 0 spiro atoms. The van der Waals surface area contributed by atoms with E-state index in [0.717, 1.165) is 83.5 Å². The molecule has 0 heterocycles. The number of rotatable bonds is 55. The van der Waals surface area contributed by atoms with Crippen molar-refractivity contribution in [3.05, 3.63) is 48.6 Å². The van der Waals surface area contributed by atoms with Crippen molar-refractivity contribution in [2.75, 3.05) is 13.2 Å². The van der Waals surface area contributed by atoms with Crippen LogP contribution in [0.4, 0.5) is 0 Å². The van der Waals surface area contributed by atoms with Crippen LogP contribution in [0.15, 0.2) is 48.6 Å². The first-order valence-electron chi connectivity index (χ1n) is 29.9. The first-order valence-corrected chi connectivity index (χ1v) is 29.9. The largest absolute Gasteiger partial charge is 0.466 e. The number of carbonyl (C=O) groups excluding carboxylic acids is 2. The zero-order valence-electron chi connectivity index (χ0n) is 45.3. The van der Waals surface area contributed by atoms with E-state index in [9.17, 15) is 19.8 Å². The predicted octanol–water partition coefficient (Wildman–Crippen LogP) is 18.6. The van der Waals surface area contributed by atoms with Crippen LogP contribution in [-0.2, 0) is 14.3 Å². The van der Waals surface area contributed by atoms with Gasteiger partial charge in [-0.3, -0.25) is 9.59 Å². The Balaban J connectivity index is 3.52. The lowest BCUT2D eigenvalue weighted by molar-refractivity contribution is -0.143. The molecule has 68 heavy (non-hydrogen) atoms. The van der Waals surface area contributed by atoms with E-state index < -0.39 is 12.1 Å². The van der Waals surface area contributed by atoms with Crippen molar-refractivity contribution >= 4 is 11.9 Å². The lowest BCUT2D eigenvalue weighted by atomic mass is 10.0. The maximum absolute atomic E-state index is 12.5. The minimum absolute atomic E-state index is 0.0200. The lowest BCUT2D eigenvalue weighted by Gasteiger charge is -2.20. The third-order valence-electron chi connectivity index (χ3n) is 13.6. The molecular formula is C62H115NO5. The van der Waals surface area contributed by atoms with Gasteiger partial charge in [0.25, 0.3) is 0 Å². The van der Waals surface area contributed by atoms with Gasteiger partial charge in [0, 0.05) is 12.8 Å². The second kappa shape index (κ2) is 57.4. The Morgan fingerprint density at radius 3 is 1.13 bits per heavy atom. The van der Waals surface area contributed by atoms with Crippen LogP contribution in [0.1, 0.15) is 309 Å². The average Bonchev–Trinajstić information content (AvgIpc) is 3.34. The van der Waals surface area contributed by atoms with Gasteiger partial charge in [0.05, 0.1) is 25.4 Å². The molecule has 0 fully saturated rings. The molecule has 0 aromatic carbocycles. The molecule has 0 aliphatic rings. The molecule has 0 aromatic rings. The molecule has 0 saturated heterocycles. The Morgan fingerprint density at radius 1 is 0.412 bits per heavy atom. The summed E-state index contributed by atoms with van der Waals surface area (Å²) in [4.78, 5) is 24.5. The number of amides is 1. The smallest absolute Gasteiger partial charge is 0.305 e. The van der Waals surface area contributed by atoms with Crippen LogP contribution in [0.2, 0.25) is 0 Å². The Hall–Kier alpha value is -2.18. The fraction of sp³-hybridized carbons (Fsp3) is 0.839. The highest BCUT2D eigenvalue weighted by Crippen LogP contribution is 2.16. The first-order chi connectivity index (χ1) is 33.5. The molecule has 398 valence electrons. The van der Waals surface area contributed by atoms with Gasteiger partial charge in [-0.25, -0.2) is 0 Å². The van der Waals surface area contributed by atoms with E-state index in [1.54, 1.807) is 6.08 Å². The summed E-state index contributed by atoms with van der Waals surface area (Å²) in [7, 11) is 0. The number of aliphatic hydroxyl groups excluding tert-OH is 2. The number of ether oxygens (including phenoxy) is 1. The van der Waals surface area contributed by atoms with Crippen molar-refractivity contribution in [2.24, 2.45) is 0 Å². The normalized spacial score (nSPS) is 12.9. The summed E-state index contributed by atoms with van der Waals surface area (Å²) in [5.41, 5.74) is 0. The molecule has 6 nitrogen and oxygen atoms in total. The number of nitrogens with one attached hydrogen (secondary N) is 1. The van der Waals surface area contributed by atoms with Crippen molar-refractivity contribution in [1.29, 1.82) is 0 Å². The molecule has 0 rings (SSSR count). The molecule has 6 heteroatoms. The molecule has 2 atom stereocenters. The van der Waals surface area contributed by atoms with Crippen molar-refractivity contribution in [3.8, 4) is 0 Å². The Morgan fingerprint density at radius 2 is 0.735 bits per heavy atom. The standard InChI is InChI=1S/C62H115NO5/c1-3-5-7-9-11-13-15-17-19-22-26-30-34-38-42-46-50-54-60(65)59(58-64)63-61(66)55-51-47-43-39-35-31-27-24-21-25-29-33-37-41-45-49-53-57-68-62(67)56-52-48-44-40-36-32-28-23-20-18-16-14-12-10-8-6-4-2/h18,20-21,25,33,37,50,54,59-60,64-65H,3-17,19,22-24,26-32,34-36,38-49,51-53,55-58H2,1-2H3,(H,63,66)/b20-18-,25-21-,37-33-,54-50+. The number of hydrogen-bond donors (Lipinski definition) is 3. The van der Waals surface area contributed by atoms with Crippen molar-refractivity contribution < 1.29 is 24.5 Å². The average molecular weight is 955 g/mol. The van der Waals surface area contributed by atoms with Gasteiger partial charge in [0.15, 0.2) is 0 Å². The van der Waals surface area contributed by atoms with Gasteiger partial charge >= 0.3 is 5.97 Å². The monoisotopic (exact) mass is 954 g/mol. The predicted molar refractivity (Wildman–Crippen MR) is 296 cm³/mol. The highest BCUT2D eigenvalue weighted by atomic mass is 16.5. The van der Waals surface area contributed by atoms with E-state index in [-0.39, 0.29) is 18.5 Å². The van der Waals surface area contributed by atoms with Gasteiger partial charge in [0.2, 0.25) is 5.91 Å². The summed E-state index contributed by atoms with van der Waals surface area (Å²) in [6.07, 6.45) is 72.8. The third-order valence-corrected chi connectivity index (χ3v) is 13.6. The van der Waals surface area contributed by atoms with E-state index in [4.69, 9.17) is 4.74 Å². The molecule has 2 unspecified atom stereocenters. The van der Waals surface area contributed by atoms with Crippen molar-refractivity contribution in [1.82, 2.24) is 5.32 Å². The van der Waals surface area contributed by atoms with Crippen LogP contribution >= 0.6 is 0 Å². The van der Waals surface area contributed by atoms with Crippen molar-refractivity contribution in [2.45, 2.75) is 321 Å². The Labute approximate surface area is 423 Å². The minimum Gasteiger partial charge on any atom is -0.466 e. The SMILES string of the molecule is CCCCCCCC/C=C\CCCCCCCCCC(=O)OCCCCC/C=C\C/C=C\CCCCCCCCCC(=O)NC(CO)C(O)/C=C/CCCCCCCCCCCCCCCCC. The Bertz CT molecular complexity index is 1150. The molecule has 1 amide bonds. The number of hydrogen-bond acceptors (Lipinski definition) is 5. The van der Waals surface area contributed by atoms with Gasteiger partial charge in [0.1, 0.15) is 0 Å². The molecule has 0 bridgehead atoms. The number of unbranched alkanes of at least 4 members (excludes halogenated alkanes) is 38. The summed E-state index contributed by atoms with van der Waals surface area (Å²) in [5, 5.41) is 23.1. The number of carbonyl (C=O) groups is 2. The molecule has 0 aliphatic carbocycles. The quantitative estimate of drug-likeness (QED) is 0.0321. The van der Waals surface area contributed by atoms with Gasteiger partial charge in [-0.05, 0) is 96.3 Å². The zero-order valence-corrected chi connectivity index (χ0v) is 45.3. The summed E-state index contributed by atoms with van der Waals surface area (Å²) >= 11 is 0. The maximum atomic E-state index is 12.5. The minimum atomic E-state index is -0.856. The van der Waals surface area contributed by atoms with Gasteiger partial charge in [-0.1, -0.05) is 249 Å². The fourth-order valence-corrected chi connectivity index (χ4v) is 8.95. The summed E-state index contributed by atoms with van der Waals surface area (Å²) in [6, 6.07) is -0.641. The molecule has 0 aliphatic heterocycles. The summed E-state index contributed by atoms with van der Waals surface area (Å²) in [5.74, 6) is -0.104. The summed E-state index contributed by atoms with van der Waals surface area (Å²) in [6.45, 7) is 4.86. The topological polar surface area (TPSA) is 95.9 Å². The number of aliphatic hydroxyl groups is 2. The highest BCUT2D eigenvalue weighted by molar-refractivity contribution is 5.76. The van der Waals surface area contributed by atoms with E-state index in [2.05, 4.69) is 55.6 Å². The second-order valence-electron chi connectivity index (χ2n) is 20.3. The van der Waals surface area contributed by atoms with E-state index >= 15 is 0 Å². The molecule has 3 N–H and O–H groups in total. The number of esters is 1. The Kier molecular flexibility index (Phi) is 55.6. The second-order valence-corrected chi connectivity index (χ2v) is 20.3. The van der Waals surface area contributed by atoms with Crippen LogP contribution in [0.5, 0.6) is 0 Å². The first kappa shape index (κ1) is 65.8. The maximum Gasteiger partial charge on any atom is 0.305 e. The van der Waals surface area contributed by atoms with Crippen LogP contribution in [0.25, 0.3) is 0 Å². The van der Waals surface area contributed by atoms with Crippen molar-refractivity contribution in [3.63, 3.8) is 0 Å². The van der Waals surface area contributed by atoms with Crippen LogP contribution in [0, 0.1) is 0 Å². The van der Waals surface area contributed by atoms with Gasteiger partial charge in [-0.15, -0.1) is 0 Å². The lowest BCUT2D eigenvalue weighted by Crippen LogP contribution is -2.45. The van der Waals surface area contributed by atoms with E-state index in [0.29, 0.717) is 19.4 Å². The van der Waals surface area contributed by atoms with Gasteiger partial charge in [-0.2, -0.15) is 0 Å². The molecule has 0 aromatic heterocycles. The third kappa shape index (κ3) is 53.2. The molecular weight excluding hydrogens is 839 g/mol. The zero-order chi connectivity index (χ0) is 49.3. The summed E-state index contributed by atoms with van der Waals surface area (Å²) < 4.78 is 5.46. The van der Waals surface area contributed by atoms with Crippen LogP contribution in [-0.4, -0.2) is 47.4 Å². The molecule has 0 radical (unpaired) electrons.